The van der Waals surface area contributed by atoms with Crippen molar-refractivity contribution in [1.82, 2.24) is 0 Å². The van der Waals surface area contributed by atoms with Crippen LogP contribution in [-0.4, -0.2) is 36.4 Å². The fraction of sp³-hybridized carbons (Fsp3) is 0.947. The van der Waals surface area contributed by atoms with Crippen molar-refractivity contribution in [1.29, 1.82) is 0 Å². The number of hydrogen-bond donors (Lipinski definition) is 1. The molecular weight excluding hydrogens is 536 g/mol. The predicted molar refractivity (Wildman–Crippen MR) is 182 cm³/mol. The highest BCUT2D eigenvalue weighted by atomic mass is 16.6. The fourth-order valence-electron chi connectivity index (χ4n) is 5.68. The number of unbranched alkanes of at least 4 members (excludes halogenated alkanes) is 24. The van der Waals surface area contributed by atoms with Crippen molar-refractivity contribution < 1.29 is 24.2 Å². The summed E-state index contributed by atoms with van der Waals surface area (Å²) in [5.41, 5.74) is 0. The molecule has 256 valence electrons. The van der Waals surface area contributed by atoms with Crippen LogP contribution < -0.4 is 0 Å². The maximum absolute atomic E-state index is 12.1. The van der Waals surface area contributed by atoms with Gasteiger partial charge in [-0.15, -0.1) is 0 Å². The second kappa shape index (κ2) is 33.8. The highest BCUT2D eigenvalue weighted by Gasteiger charge is 2.16. The van der Waals surface area contributed by atoms with E-state index in [1.54, 1.807) is 0 Å². The Bertz CT molecular complexity index is 591. The van der Waals surface area contributed by atoms with Gasteiger partial charge in [-0.3, -0.25) is 9.59 Å². The lowest BCUT2D eigenvalue weighted by Crippen LogP contribution is -2.28. The van der Waals surface area contributed by atoms with Crippen molar-refractivity contribution >= 4 is 11.9 Å². The Balaban J connectivity index is 3.51. The average Bonchev–Trinajstić information content (AvgIpc) is 2.99. The highest BCUT2D eigenvalue weighted by Crippen LogP contribution is 2.16. The summed E-state index contributed by atoms with van der Waals surface area (Å²) < 4.78 is 10.6. The van der Waals surface area contributed by atoms with Gasteiger partial charge in [0.05, 0.1) is 6.61 Å². The molecule has 0 unspecified atom stereocenters. The van der Waals surface area contributed by atoms with Crippen LogP contribution in [0.4, 0.5) is 0 Å². The van der Waals surface area contributed by atoms with Gasteiger partial charge in [-0.1, -0.05) is 181 Å². The maximum Gasteiger partial charge on any atom is 0.306 e. The minimum Gasteiger partial charge on any atom is -0.462 e. The van der Waals surface area contributed by atoms with Gasteiger partial charge in [-0.05, 0) is 18.8 Å². The number of rotatable bonds is 34. The van der Waals surface area contributed by atoms with E-state index in [9.17, 15) is 14.7 Å². The third kappa shape index (κ3) is 33.6. The lowest BCUT2D eigenvalue weighted by atomic mass is 10.0. The van der Waals surface area contributed by atoms with E-state index in [1.807, 2.05) is 0 Å². The van der Waals surface area contributed by atoms with Crippen molar-refractivity contribution in [3.05, 3.63) is 0 Å². The Labute approximate surface area is 268 Å². The molecule has 0 amide bonds. The van der Waals surface area contributed by atoms with Gasteiger partial charge >= 0.3 is 11.9 Å². The summed E-state index contributed by atoms with van der Waals surface area (Å²) >= 11 is 0. The van der Waals surface area contributed by atoms with E-state index in [0.717, 1.165) is 38.0 Å². The van der Waals surface area contributed by atoms with E-state index in [2.05, 4.69) is 20.8 Å². The normalized spacial score (nSPS) is 12.1. The second-order valence-corrected chi connectivity index (χ2v) is 13.5. The summed E-state index contributed by atoms with van der Waals surface area (Å²) in [6, 6.07) is 0. The van der Waals surface area contributed by atoms with Crippen LogP contribution in [0.3, 0.4) is 0 Å². The fourth-order valence-corrected chi connectivity index (χ4v) is 5.68. The number of carbonyl (C=O) groups is 2. The first-order valence-electron chi connectivity index (χ1n) is 19.0. The van der Waals surface area contributed by atoms with E-state index in [1.165, 1.54) is 141 Å². The van der Waals surface area contributed by atoms with Gasteiger partial charge in [0.1, 0.15) is 6.61 Å². The van der Waals surface area contributed by atoms with Crippen LogP contribution in [-0.2, 0) is 19.1 Å². The third-order valence-electron chi connectivity index (χ3n) is 8.58. The zero-order valence-electron chi connectivity index (χ0n) is 29.2. The van der Waals surface area contributed by atoms with Gasteiger partial charge < -0.3 is 14.6 Å². The van der Waals surface area contributed by atoms with E-state index in [-0.39, 0.29) is 25.2 Å². The van der Waals surface area contributed by atoms with Crippen LogP contribution in [0, 0.1) is 5.92 Å². The van der Waals surface area contributed by atoms with Crippen molar-refractivity contribution in [3.8, 4) is 0 Å². The Morgan fingerprint density at radius 3 is 1.23 bits per heavy atom. The van der Waals surface area contributed by atoms with Gasteiger partial charge in [0.25, 0.3) is 0 Å². The Morgan fingerprint density at radius 1 is 0.512 bits per heavy atom. The lowest BCUT2D eigenvalue weighted by Gasteiger charge is -2.15. The van der Waals surface area contributed by atoms with Gasteiger partial charge in [-0.25, -0.2) is 0 Å². The molecule has 0 aliphatic heterocycles. The van der Waals surface area contributed by atoms with Crippen LogP contribution in [0.25, 0.3) is 0 Å². The van der Waals surface area contributed by atoms with Crippen LogP contribution in [0.2, 0.25) is 0 Å². The molecule has 0 rings (SSSR count). The minimum atomic E-state index is -0.761. The molecule has 43 heavy (non-hydrogen) atoms. The highest BCUT2D eigenvalue weighted by molar-refractivity contribution is 5.70. The molecule has 1 N–H and O–H groups in total. The monoisotopic (exact) mass is 611 g/mol. The summed E-state index contributed by atoms with van der Waals surface area (Å²) in [6.45, 7) is 6.48. The number of aliphatic hydroxyl groups is 1. The molecular formula is C38H74O5. The minimum absolute atomic E-state index is 0.0581. The van der Waals surface area contributed by atoms with E-state index < -0.39 is 6.10 Å². The Hall–Kier alpha value is -1.10. The molecule has 5 nitrogen and oxygen atoms in total. The zero-order valence-corrected chi connectivity index (χ0v) is 29.2. The third-order valence-corrected chi connectivity index (χ3v) is 8.58. The molecule has 0 saturated carbocycles. The number of carbonyl (C=O) groups excluding carboxylic acids is 2. The van der Waals surface area contributed by atoms with Gasteiger partial charge in [0, 0.05) is 12.8 Å². The number of ether oxygens (including phenoxy) is 2. The summed E-state index contributed by atoms with van der Waals surface area (Å²) in [5.74, 6) is 0.248. The summed E-state index contributed by atoms with van der Waals surface area (Å²) in [5, 5.41) is 9.53. The first-order chi connectivity index (χ1) is 21.0. The van der Waals surface area contributed by atoms with Crippen molar-refractivity contribution in [2.24, 2.45) is 5.92 Å². The molecule has 0 aromatic heterocycles. The van der Waals surface area contributed by atoms with Crippen molar-refractivity contribution in [3.63, 3.8) is 0 Å². The van der Waals surface area contributed by atoms with Crippen LogP contribution in [0.5, 0.6) is 0 Å². The molecule has 0 aliphatic rings. The zero-order chi connectivity index (χ0) is 31.6. The SMILES string of the molecule is CCCCCCCCCCCCCCCCCCC(=O)OC[C@H](CO)OC(=O)CCCCCCCCCCCCC(C)C. The van der Waals surface area contributed by atoms with Gasteiger partial charge in [0.15, 0.2) is 6.10 Å². The van der Waals surface area contributed by atoms with Crippen LogP contribution in [0.1, 0.15) is 207 Å². The molecule has 0 bridgehead atoms. The number of hydrogen-bond acceptors (Lipinski definition) is 5. The van der Waals surface area contributed by atoms with Crippen molar-refractivity contribution in [2.45, 2.75) is 213 Å². The first kappa shape index (κ1) is 41.9. The molecule has 0 aromatic rings. The first-order valence-corrected chi connectivity index (χ1v) is 19.0. The maximum atomic E-state index is 12.1. The molecule has 0 radical (unpaired) electrons. The van der Waals surface area contributed by atoms with E-state index >= 15 is 0 Å². The van der Waals surface area contributed by atoms with Gasteiger partial charge in [0.2, 0.25) is 0 Å². The standard InChI is InChI=1S/C38H74O5/c1-4-5-6-7-8-9-10-11-12-13-14-15-19-22-25-28-31-37(40)42-34-36(33-39)43-38(41)32-29-26-23-20-17-16-18-21-24-27-30-35(2)3/h35-36,39H,4-34H2,1-3H3/t36-/m0/s1. The van der Waals surface area contributed by atoms with Crippen LogP contribution >= 0.6 is 0 Å². The summed E-state index contributed by atoms with van der Waals surface area (Å²) in [6.07, 6.45) is 34.5. The quantitative estimate of drug-likeness (QED) is 0.0579. The summed E-state index contributed by atoms with van der Waals surface area (Å²) in [7, 11) is 0. The topological polar surface area (TPSA) is 72.8 Å². The number of aliphatic hydroxyl groups excluding tert-OH is 1. The molecule has 5 heteroatoms. The van der Waals surface area contributed by atoms with E-state index in [4.69, 9.17) is 9.47 Å². The Kier molecular flexibility index (Phi) is 32.9. The molecule has 0 aromatic carbocycles. The molecule has 0 heterocycles. The molecule has 0 spiro atoms. The largest absolute Gasteiger partial charge is 0.462 e. The molecule has 0 fully saturated rings. The lowest BCUT2D eigenvalue weighted by molar-refractivity contribution is -0.161. The molecule has 0 aliphatic carbocycles. The molecule has 0 saturated heterocycles. The van der Waals surface area contributed by atoms with Crippen LogP contribution in [0.15, 0.2) is 0 Å². The van der Waals surface area contributed by atoms with Crippen molar-refractivity contribution in [2.75, 3.05) is 13.2 Å². The summed E-state index contributed by atoms with van der Waals surface area (Å²) in [4.78, 5) is 24.2. The Morgan fingerprint density at radius 2 is 0.860 bits per heavy atom. The smallest absolute Gasteiger partial charge is 0.306 e. The molecule has 1 atom stereocenters. The van der Waals surface area contributed by atoms with Gasteiger partial charge in [-0.2, -0.15) is 0 Å². The second-order valence-electron chi connectivity index (χ2n) is 13.5. The predicted octanol–water partition coefficient (Wildman–Crippen LogP) is 11.4. The average molecular weight is 611 g/mol. The van der Waals surface area contributed by atoms with E-state index in [0.29, 0.717) is 12.8 Å². The number of esters is 2.